The molecule has 2 N–H and O–H groups in total. The van der Waals surface area contributed by atoms with Gasteiger partial charge in [0.1, 0.15) is 5.75 Å². The van der Waals surface area contributed by atoms with Crippen LogP contribution in [0.3, 0.4) is 0 Å². The van der Waals surface area contributed by atoms with E-state index in [1.165, 1.54) is 10.5 Å². The average Bonchev–Trinajstić information content (AvgIpc) is 2.59. The molecule has 0 fully saturated rings. The molecule has 0 aromatic heterocycles. The number of nitrogens with one attached hydrogen (secondary N) is 1. The van der Waals surface area contributed by atoms with E-state index >= 15 is 0 Å². The van der Waals surface area contributed by atoms with Gasteiger partial charge in [-0.15, -0.1) is 11.8 Å². The van der Waals surface area contributed by atoms with Crippen molar-refractivity contribution in [2.75, 3.05) is 19.4 Å². The number of methoxy groups -OCH3 is 1. The minimum Gasteiger partial charge on any atom is -0.497 e. The molecule has 130 valence electrons. The summed E-state index contributed by atoms with van der Waals surface area (Å²) in [5.41, 5.74) is 1.17. The lowest BCUT2D eigenvalue weighted by Gasteiger charge is -2.28. The number of β-amino-alcohol motifs (C(OH)–C–C–N with tert-alkyl or cyclic N) is 1. The molecular formula is C20H27NO2S. The van der Waals surface area contributed by atoms with Crippen molar-refractivity contribution in [3.63, 3.8) is 0 Å². The Kier molecular flexibility index (Phi) is 7.16. The Morgan fingerprint density at radius 1 is 1.08 bits per heavy atom. The summed E-state index contributed by atoms with van der Waals surface area (Å²) >= 11 is 1.68. The smallest absolute Gasteiger partial charge is 0.118 e. The van der Waals surface area contributed by atoms with Gasteiger partial charge in [-0.25, -0.2) is 0 Å². The van der Waals surface area contributed by atoms with Crippen LogP contribution in [0.2, 0.25) is 0 Å². The second-order valence-corrected chi connectivity index (χ2v) is 7.66. The summed E-state index contributed by atoms with van der Waals surface area (Å²) in [7, 11) is 1.68. The molecule has 3 nitrogen and oxygen atoms in total. The molecule has 0 aliphatic rings. The summed E-state index contributed by atoms with van der Waals surface area (Å²) in [4.78, 5) is 1.19. The number of thioether (sulfide) groups is 1. The van der Waals surface area contributed by atoms with Gasteiger partial charge in [0.15, 0.2) is 0 Å². The highest BCUT2D eigenvalue weighted by Crippen LogP contribution is 2.19. The number of aliphatic hydroxyl groups excluding tert-OH is 1. The van der Waals surface area contributed by atoms with Crippen LogP contribution in [-0.2, 0) is 6.42 Å². The van der Waals surface area contributed by atoms with E-state index < -0.39 is 0 Å². The predicted octanol–water partition coefficient (Wildman–Crippen LogP) is 3.76. The van der Waals surface area contributed by atoms with Crippen LogP contribution in [0.1, 0.15) is 19.4 Å². The molecule has 0 saturated carbocycles. The topological polar surface area (TPSA) is 41.5 Å². The second-order valence-electron chi connectivity index (χ2n) is 6.57. The summed E-state index contributed by atoms with van der Waals surface area (Å²) in [6, 6.07) is 18.3. The monoisotopic (exact) mass is 345 g/mol. The van der Waals surface area contributed by atoms with Gasteiger partial charge in [-0.3, -0.25) is 0 Å². The lowest BCUT2D eigenvalue weighted by Crippen LogP contribution is -2.45. The minimum atomic E-state index is -0.370. The Morgan fingerprint density at radius 3 is 2.38 bits per heavy atom. The van der Waals surface area contributed by atoms with Crippen LogP contribution >= 0.6 is 11.8 Å². The van der Waals surface area contributed by atoms with Crippen molar-refractivity contribution >= 4 is 11.8 Å². The van der Waals surface area contributed by atoms with Crippen molar-refractivity contribution in [2.45, 2.75) is 36.8 Å². The first kappa shape index (κ1) is 18.8. The SMILES string of the molecule is COc1ccc(CC(C)(C)NCC(O)CSc2ccccc2)cc1. The standard InChI is InChI=1S/C20H27NO2S/c1-20(2,13-16-9-11-18(23-3)12-10-16)21-14-17(22)15-24-19-7-5-4-6-8-19/h4-12,17,21-22H,13-15H2,1-3H3. The zero-order chi connectivity index (χ0) is 17.4. The largest absolute Gasteiger partial charge is 0.497 e. The first-order chi connectivity index (χ1) is 11.5. The van der Waals surface area contributed by atoms with Crippen molar-refractivity contribution in [3.05, 3.63) is 60.2 Å². The van der Waals surface area contributed by atoms with Gasteiger partial charge >= 0.3 is 0 Å². The quantitative estimate of drug-likeness (QED) is 0.679. The molecule has 1 atom stereocenters. The van der Waals surface area contributed by atoms with Crippen molar-refractivity contribution in [1.29, 1.82) is 0 Å². The van der Waals surface area contributed by atoms with E-state index in [0.29, 0.717) is 12.3 Å². The van der Waals surface area contributed by atoms with Crippen molar-refractivity contribution in [1.82, 2.24) is 5.32 Å². The maximum atomic E-state index is 10.2. The number of benzene rings is 2. The third kappa shape index (κ3) is 6.56. The number of ether oxygens (including phenoxy) is 1. The third-order valence-corrected chi connectivity index (χ3v) is 4.96. The maximum Gasteiger partial charge on any atom is 0.118 e. The summed E-state index contributed by atoms with van der Waals surface area (Å²) in [5, 5.41) is 13.7. The van der Waals surface area contributed by atoms with Crippen LogP contribution in [0.15, 0.2) is 59.5 Å². The first-order valence-corrected chi connectivity index (χ1v) is 9.21. The van der Waals surface area contributed by atoms with Crippen LogP contribution in [0, 0.1) is 0 Å². The molecule has 0 amide bonds. The van der Waals surface area contributed by atoms with E-state index in [4.69, 9.17) is 4.74 Å². The summed E-state index contributed by atoms with van der Waals surface area (Å²) in [6.45, 7) is 4.91. The lowest BCUT2D eigenvalue weighted by molar-refractivity contribution is 0.180. The van der Waals surface area contributed by atoms with Gasteiger partial charge < -0.3 is 15.2 Å². The molecule has 0 radical (unpaired) electrons. The van der Waals surface area contributed by atoms with Crippen LogP contribution in [0.25, 0.3) is 0 Å². The van der Waals surface area contributed by atoms with Crippen LogP contribution in [0.4, 0.5) is 0 Å². The average molecular weight is 346 g/mol. The molecule has 0 saturated heterocycles. The Balaban J connectivity index is 1.76. The van der Waals surface area contributed by atoms with E-state index in [9.17, 15) is 5.11 Å². The van der Waals surface area contributed by atoms with E-state index in [1.54, 1.807) is 18.9 Å². The fourth-order valence-electron chi connectivity index (χ4n) is 2.48. The Bertz CT molecular complexity index is 599. The third-order valence-electron chi connectivity index (χ3n) is 3.81. The highest BCUT2D eigenvalue weighted by molar-refractivity contribution is 7.99. The van der Waals surface area contributed by atoms with Gasteiger partial charge in [0.25, 0.3) is 0 Å². The Morgan fingerprint density at radius 2 is 1.75 bits per heavy atom. The fourth-order valence-corrected chi connectivity index (χ4v) is 3.33. The first-order valence-electron chi connectivity index (χ1n) is 8.22. The van der Waals surface area contributed by atoms with Crippen molar-refractivity contribution in [3.8, 4) is 5.75 Å². The second kappa shape index (κ2) is 9.11. The molecule has 1 unspecified atom stereocenters. The fraction of sp³-hybridized carbons (Fsp3) is 0.400. The van der Waals surface area contributed by atoms with Crippen LogP contribution in [-0.4, -0.2) is 36.2 Å². The summed E-state index contributed by atoms with van der Waals surface area (Å²) in [5.74, 6) is 1.56. The van der Waals surface area contributed by atoms with Gasteiger partial charge in [-0.1, -0.05) is 30.3 Å². The Hall–Kier alpha value is -1.49. The van der Waals surface area contributed by atoms with E-state index in [1.807, 2.05) is 30.3 Å². The minimum absolute atomic E-state index is 0.0764. The van der Waals surface area contributed by atoms with Gasteiger partial charge in [0.05, 0.1) is 13.2 Å². The van der Waals surface area contributed by atoms with Crippen molar-refractivity contribution in [2.24, 2.45) is 0 Å². The van der Waals surface area contributed by atoms with Gasteiger partial charge in [0, 0.05) is 22.7 Å². The highest BCUT2D eigenvalue weighted by atomic mass is 32.2. The normalized spacial score (nSPS) is 12.8. The molecular weight excluding hydrogens is 318 g/mol. The number of aliphatic hydroxyl groups is 1. The van der Waals surface area contributed by atoms with Crippen LogP contribution in [0.5, 0.6) is 5.75 Å². The summed E-state index contributed by atoms with van der Waals surface area (Å²) in [6.07, 6.45) is 0.528. The Labute approximate surface area is 149 Å². The van der Waals surface area contributed by atoms with E-state index in [2.05, 4.69) is 43.4 Å². The predicted molar refractivity (Wildman–Crippen MR) is 102 cm³/mol. The number of hydrogen-bond donors (Lipinski definition) is 2. The molecule has 0 aliphatic carbocycles. The summed E-state index contributed by atoms with van der Waals surface area (Å²) < 4.78 is 5.19. The highest BCUT2D eigenvalue weighted by Gasteiger charge is 2.19. The van der Waals surface area contributed by atoms with Gasteiger partial charge in [0.2, 0.25) is 0 Å². The van der Waals surface area contributed by atoms with Crippen LogP contribution < -0.4 is 10.1 Å². The van der Waals surface area contributed by atoms with E-state index in [0.717, 1.165) is 12.2 Å². The molecule has 0 spiro atoms. The molecule has 2 aromatic rings. The zero-order valence-corrected chi connectivity index (χ0v) is 15.5. The zero-order valence-electron chi connectivity index (χ0n) is 14.7. The van der Waals surface area contributed by atoms with Crippen molar-refractivity contribution < 1.29 is 9.84 Å². The maximum absolute atomic E-state index is 10.2. The molecule has 0 aliphatic heterocycles. The molecule has 24 heavy (non-hydrogen) atoms. The molecule has 2 aromatic carbocycles. The molecule has 2 rings (SSSR count). The molecule has 0 heterocycles. The number of rotatable bonds is 9. The lowest BCUT2D eigenvalue weighted by atomic mass is 9.94. The molecule has 0 bridgehead atoms. The van der Waals surface area contributed by atoms with E-state index in [-0.39, 0.29) is 11.6 Å². The number of hydrogen-bond acceptors (Lipinski definition) is 4. The van der Waals surface area contributed by atoms with Gasteiger partial charge in [-0.2, -0.15) is 0 Å². The van der Waals surface area contributed by atoms with Gasteiger partial charge in [-0.05, 0) is 50.1 Å². The molecule has 4 heteroatoms.